The van der Waals surface area contributed by atoms with Crippen LogP contribution in [0.25, 0.3) is 11.5 Å². The van der Waals surface area contributed by atoms with Gasteiger partial charge in [-0.05, 0) is 48.3 Å². The van der Waals surface area contributed by atoms with E-state index in [9.17, 15) is 13.2 Å². The molecule has 0 amide bonds. The first-order chi connectivity index (χ1) is 15.3. The van der Waals surface area contributed by atoms with Gasteiger partial charge in [0, 0.05) is 11.8 Å². The highest BCUT2D eigenvalue weighted by Crippen LogP contribution is 2.37. The number of hydrogen-bond donors (Lipinski definition) is 0. The molecule has 2 aromatic heterocycles. The lowest BCUT2D eigenvalue weighted by Crippen LogP contribution is -2.40. The zero-order valence-electron chi connectivity index (χ0n) is 18.9. The predicted molar refractivity (Wildman–Crippen MR) is 119 cm³/mol. The van der Waals surface area contributed by atoms with Gasteiger partial charge in [0.2, 0.25) is 0 Å². The molecule has 0 unspecified atom stereocenters. The number of hydrogen-bond acceptors (Lipinski definition) is 6. The monoisotopic (exact) mass is 475 g/mol. The minimum Gasteiger partial charge on any atom is -0.411 e. The number of para-hydroxylation sites is 1. The molecule has 0 spiro atoms. The van der Waals surface area contributed by atoms with Gasteiger partial charge in [0.15, 0.2) is 8.32 Å². The van der Waals surface area contributed by atoms with Gasteiger partial charge in [0.1, 0.15) is 5.75 Å². The van der Waals surface area contributed by atoms with Crippen LogP contribution in [0.4, 0.5) is 13.2 Å². The fraction of sp³-hybridized carbons (Fsp3) is 0.348. The van der Waals surface area contributed by atoms with E-state index in [2.05, 4.69) is 65.6 Å². The molecule has 3 rings (SSSR count). The number of nitrogens with zero attached hydrogens (tertiary/aromatic N) is 3. The van der Waals surface area contributed by atoms with Crippen molar-refractivity contribution < 1.29 is 26.8 Å². The van der Waals surface area contributed by atoms with E-state index in [1.54, 1.807) is 12.3 Å². The summed E-state index contributed by atoms with van der Waals surface area (Å²) in [5.74, 6) is 4.94. The van der Waals surface area contributed by atoms with Crippen molar-refractivity contribution in [3.05, 3.63) is 59.7 Å². The van der Waals surface area contributed by atoms with Crippen LogP contribution in [0.5, 0.6) is 5.75 Å². The Labute approximate surface area is 191 Å². The molecule has 0 bridgehead atoms. The molecule has 0 atom stereocenters. The molecule has 3 aromatic rings. The van der Waals surface area contributed by atoms with Gasteiger partial charge >= 0.3 is 6.36 Å². The van der Waals surface area contributed by atoms with E-state index in [4.69, 9.17) is 8.84 Å². The third-order valence-corrected chi connectivity index (χ3v) is 9.77. The Morgan fingerprint density at radius 3 is 2.36 bits per heavy atom. The molecule has 0 fully saturated rings. The quantitative estimate of drug-likeness (QED) is 0.335. The molecule has 33 heavy (non-hydrogen) atoms. The van der Waals surface area contributed by atoms with Gasteiger partial charge in [-0.3, -0.25) is 4.98 Å². The van der Waals surface area contributed by atoms with Crippen molar-refractivity contribution in [2.75, 3.05) is 0 Å². The Balaban J connectivity index is 1.69. The lowest BCUT2D eigenvalue weighted by molar-refractivity contribution is -0.274. The summed E-state index contributed by atoms with van der Waals surface area (Å²) in [6, 6.07) is 9.14. The fourth-order valence-corrected chi connectivity index (χ4v) is 3.36. The van der Waals surface area contributed by atoms with Crippen molar-refractivity contribution in [1.29, 1.82) is 0 Å². The van der Waals surface area contributed by atoms with Crippen LogP contribution in [0.3, 0.4) is 0 Å². The minimum atomic E-state index is -4.84. The highest BCUT2D eigenvalue weighted by molar-refractivity contribution is 6.74. The van der Waals surface area contributed by atoms with E-state index >= 15 is 0 Å². The Kier molecular flexibility index (Phi) is 6.95. The summed E-state index contributed by atoms with van der Waals surface area (Å²) in [5.41, 5.74) is 1.43. The SMILES string of the molecule is CC(C)(C)[Si](C)(C)OCc1ccc(C#Cc2nnc(-c3ccccc3OC(F)(F)F)o2)cn1. The van der Waals surface area contributed by atoms with Crippen LogP contribution in [0.2, 0.25) is 18.1 Å². The number of halogens is 3. The Bertz CT molecular complexity index is 1160. The summed E-state index contributed by atoms with van der Waals surface area (Å²) < 4.78 is 53.4. The molecule has 0 radical (unpaired) electrons. The van der Waals surface area contributed by atoms with E-state index in [1.165, 1.54) is 24.3 Å². The first kappa shape index (κ1) is 24.5. The van der Waals surface area contributed by atoms with E-state index in [0.717, 1.165) is 5.69 Å². The highest BCUT2D eigenvalue weighted by Gasteiger charge is 2.37. The summed E-state index contributed by atoms with van der Waals surface area (Å²) in [6.45, 7) is 11.3. The van der Waals surface area contributed by atoms with Gasteiger partial charge in [-0.15, -0.1) is 18.3 Å². The maximum absolute atomic E-state index is 12.6. The Hall–Kier alpha value is -3.16. The second-order valence-corrected chi connectivity index (χ2v) is 13.6. The Morgan fingerprint density at radius 2 is 1.73 bits per heavy atom. The average molecular weight is 476 g/mol. The fourth-order valence-electron chi connectivity index (χ4n) is 2.42. The van der Waals surface area contributed by atoms with Crippen LogP contribution >= 0.6 is 0 Å². The predicted octanol–water partition coefficient (Wildman–Crippen LogP) is 5.95. The van der Waals surface area contributed by atoms with E-state index in [0.29, 0.717) is 12.2 Å². The maximum atomic E-state index is 12.6. The van der Waals surface area contributed by atoms with E-state index in [-0.39, 0.29) is 22.4 Å². The molecular weight excluding hydrogens is 451 g/mol. The first-order valence-electron chi connectivity index (χ1n) is 10.1. The molecule has 0 saturated heterocycles. The highest BCUT2D eigenvalue weighted by atomic mass is 28.4. The molecule has 0 N–H and O–H groups in total. The van der Waals surface area contributed by atoms with Crippen LogP contribution < -0.4 is 4.74 Å². The van der Waals surface area contributed by atoms with Gasteiger partial charge in [-0.1, -0.05) is 43.9 Å². The normalized spacial score (nSPS) is 12.2. The second-order valence-electron chi connectivity index (χ2n) is 8.79. The summed E-state index contributed by atoms with van der Waals surface area (Å²) in [5, 5.41) is 7.67. The van der Waals surface area contributed by atoms with Gasteiger partial charge in [0.25, 0.3) is 11.8 Å². The smallest absolute Gasteiger partial charge is 0.411 e. The molecule has 10 heteroatoms. The molecule has 0 aliphatic rings. The lowest BCUT2D eigenvalue weighted by atomic mass is 10.2. The van der Waals surface area contributed by atoms with Crippen molar-refractivity contribution in [3.8, 4) is 29.0 Å². The summed E-state index contributed by atoms with van der Waals surface area (Å²) in [7, 11) is -1.87. The van der Waals surface area contributed by atoms with Crippen LogP contribution in [-0.4, -0.2) is 29.9 Å². The van der Waals surface area contributed by atoms with Crippen LogP contribution in [0.15, 0.2) is 47.0 Å². The summed E-state index contributed by atoms with van der Waals surface area (Å²) >= 11 is 0. The number of benzene rings is 1. The molecule has 0 aliphatic carbocycles. The third kappa shape index (κ3) is 6.66. The van der Waals surface area contributed by atoms with Crippen molar-refractivity contribution in [3.63, 3.8) is 0 Å². The molecule has 6 nitrogen and oxygen atoms in total. The van der Waals surface area contributed by atoms with Crippen LogP contribution in [0.1, 0.15) is 37.9 Å². The van der Waals surface area contributed by atoms with Crippen molar-refractivity contribution in [1.82, 2.24) is 15.2 Å². The number of aromatic nitrogens is 3. The summed E-state index contributed by atoms with van der Waals surface area (Å²) in [4.78, 5) is 4.38. The standard InChI is InChI=1S/C23H24F3N3O3Si/c1-22(2,3)33(4,5)30-15-17-12-10-16(14-27-17)11-13-20-28-29-21(31-20)18-8-6-7-9-19(18)32-23(24,25)26/h6-10,12,14H,15H2,1-5H3. The van der Waals surface area contributed by atoms with Crippen molar-refractivity contribution >= 4 is 8.32 Å². The van der Waals surface area contributed by atoms with E-state index in [1.807, 2.05) is 6.07 Å². The zero-order chi connectivity index (χ0) is 24.3. The van der Waals surface area contributed by atoms with Crippen LogP contribution in [0, 0.1) is 11.8 Å². The Morgan fingerprint density at radius 1 is 1.00 bits per heavy atom. The zero-order valence-corrected chi connectivity index (χ0v) is 19.9. The number of pyridine rings is 1. The average Bonchev–Trinajstić information content (AvgIpc) is 3.19. The maximum Gasteiger partial charge on any atom is 0.573 e. The minimum absolute atomic E-state index is 0.0168. The number of rotatable bonds is 5. The third-order valence-electron chi connectivity index (χ3n) is 5.29. The second kappa shape index (κ2) is 9.37. The topological polar surface area (TPSA) is 70.3 Å². The molecule has 174 valence electrons. The van der Waals surface area contributed by atoms with Crippen LogP contribution in [-0.2, 0) is 11.0 Å². The summed E-state index contributed by atoms with van der Waals surface area (Å²) in [6.07, 6.45) is -3.23. The van der Waals surface area contributed by atoms with E-state index < -0.39 is 20.4 Å². The van der Waals surface area contributed by atoms with Crippen molar-refractivity contribution in [2.24, 2.45) is 0 Å². The molecule has 0 saturated carbocycles. The molecular formula is C23H24F3N3O3Si. The molecule has 1 aromatic carbocycles. The van der Waals surface area contributed by atoms with Gasteiger partial charge in [-0.25, -0.2) is 0 Å². The van der Waals surface area contributed by atoms with Gasteiger partial charge < -0.3 is 13.6 Å². The number of alkyl halides is 3. The van der Waals surface area contributed by atoms with Gasteiger partial charge in [0.05, 0.1) is 17.9 Å². The molecule has 2 heterocycles. The largest absolute Gasteiger partial charge is 0.573 e. The first-order valence-corrected chi connectivity index (χ1v) is 13.0. The lowest BCUT2D eigenvalue weighted by Gasteiger charge is -2.36. The van der Waals surface area contributed by atoms with Crippen molar-refractivity contribution in [2.45, 2.75) is 51.9 Å². The van der Waals surface area contributed by atoms with Gasteiger partial charge in [-0.2, -0.15) is 0 Å². The number of ether oxygens (including phenoxy) is 1. The molecule has 0 aliphatic heterocycles.